The molecular weight excluding hydrogens is 212 g/mol. The van der Waals surface area contributed by atoms with Crippen LogP contribution in [0.4, 0.5) is 0 Å². The van der Waals surface area contributed by atoms with E-state index in [-0.39, 0.29) is 17.3 Å². The third-order valence-corrected chi connectivity index (χ3v) is 2.43. The van der Waals surface area contributed by atoms with Crippen LogP contribution < -0.4 is 0 Å². The van der Waals surface area contributed by atoms with Crippen molar-refractivity contribution in [2.24, 2.45) is 0 Å². The van der Waals surface area contributed by atoms with Crippen LogP contribution in [0.1, 0.15) is 20.8 Å². The van der Waals surface area contributed by atoms with E-state index in [0.29, 0.717) is 10.6 Å². The summed E-state index contributed by atoms with van der Waals surface area (Å²) in [6.07, 6.45) is 2.42. The third kappa shape index (κ3) is 1.67. The van der Waals surface area contributed by atoms with Crippen LogP contribution in [0.15, 0.2) is 29.3 Å². The Labute approximate surface area is 89.6 Å². The van der Waals surface area contributed by atoms with Crippen molar-refractivity contribution >= 4 is 23.3 Å². The van der Waals surface area contributed by atoms with Gasteiger partial charge in [0.15, 0.2) is 5.78 Å². The van der Waals surface area contributed by atoms with Crippen LogP contribution >= 0.6 is 11.8 Å². The maximum absolute atomic E-state index is 11.4. The average molecular weight is 216 g/mol. The molecule has 0 saturated heterocycles. The topological polar surface area (TPSA) is 70.8 Å². The van der Waals surface area contributed by atoms with E-state index in [9.17, 15) is 9.59 Å². The molecule has 1 aromatic rings. The number of carbonyl (C=O) groups is 2. The molecule has 0 N–H and O–H groups in total. The van der Waals surface area contributed by atoms with Crippen molar-refractivity contribution in [3.05, 3.63) is 35.5 Å². The number of thiocyanates is 1. The van der Waals surface area contributed by atoms with Gasteiger partial charge in [-0.25, -0.2) is 4.98 Å². The molecule has 72 valence electrons. The summed E-state index contributed by atoms with van der Waals surface area (Å²) in [4.78, 5) is 26.7. The monoisotopic (exact) mass is 216 g/mol. The lowest BCUT2D eigenvalue weighted by molar-refractivity contribution is 0.0990. The Morgan fingerprint density at radius 2 is 1.93 bits per heavy atom. The number of hydrogen-bond donors (Lipinski definition) is 0. The zero-order chi connectivity index (χ0) is 10.8. The molecule has 0 bridgehead atoms. The van der Waals surface area contributed by atoms with Crippen LogP contribution in [0.25, 0.3) is 0 Å². The largest absolute Gasteiger partial charge is 0.289 e. The molecule has 5 heteroatoms. The molecule has 0 fully saturated rings. The molecule has 0 unspecified atom stereocenters. The summed E-state index contributed by atoms with van der Waals surface area (Å²) in [5.41, 5.74) is 0.424. The summed E-state index contributed by atoms with van der Waals surface area (Å²) in [5.74, 6) is -0.532. The Morgan fingerprint density at radius 1 is 1.20 bits per heavy atom. The lowest BCUT2D eigenvalue weighted by Crippen LogP contribution is -2.13. The molecule has 0 radical (unpaired) electrons. The quantitative estimate of drug-likeness (QED) is 0.526. The number of thioether (sulfide) groups is 1. The Kier molecular flexibility index (Phi) is 2.35. The van der Waals surface area contributed by atoms with Gasteiger partial charge < -0.3 is 0 Å². The van der Waals surface area contributed by atoms with Crippen LogP contribution in [0.5, 0.6) is 0 Å². The van der Waals surface area contributed by atoms with Crippen molar-refractivity contribution in [3.63, 3.8) is 0 Å². The molecule has 1 aliphatic carbocycles. The number of allylic oxidation sites excluding steroid dienone is 2. The standard InChI is InChI=1S/C10H4N2O2S/c11-5-15-9-4-1-6-7(13)2-3-8(14)10(6)12-9/h1-4H. The van der Waals surface area contributed by atoms with Crippen LogP contribution in [0, 0.1) is 10.7 Å². The second-order valence-electron chi connectivity index (χ2n) is 2.80. The molecule has 1 aliphatic rings. The molecule has 0 amide bonds. The molecule has 4 nitrogen and oxygen atoms in total. The summed E-state index contributed by atoms with van der Waals surface area (Å²) >= 11 is 0.858. The van der Waals surface area contributed by atoms with Crippen LogP contribution in [0.3, 0.4) is 0 Å². The third-order valence-electron chi connectivity index (χ3n) is 1.90. The maximum atomic E-state index is 11.4. The van der Waals surface area contributed by atoms with Crippen molar-refractivity contribution in [2.45, 2.75) is 5.03 Å². The fraction of sp³-hybridized carbons (Fsp3) is 0. The predicted molar refractivity (Wildman–Crippen MR) is 53.5 cm³/mol. The molecule has 0 aliphatic heterocycles. The predicted octanol–water partition coefficient (Wildman–Crippen LogP) is 1.59. The van der Waals surface area contributed by atoms with Gasteiger partial charge in [0, 0.05) is 11.8 Å². The molecule has 0 atom stereocenters. The Hall–Kier alpha value is -1.93. The van der Waals surface area contributed by atoms with E-state index in [1.54, 1.807) is 6.07 Å². The molecule has 1 heterocycles. The van der Waals surface area contributed by atoms with Crippen LogP contribution in [-0.2, 0) is 0 Å². The minimum absolute atomic E-state index is 0.128. The second-order valence-corrected chi connectivity index (χ2v) is 3.61. The molecular formula is C10H4N2O2S. The first-order valence-electron chi connectivity index (χ1n) is 4.06. The summed E-state index contributed by atoms with van der Waals surface area (Å²) in [6.45, 7) is 0. The minimum Gasteiger partial charge on any atom is -0.289 e. The highest BCUT2D eigenvalue weighted by Crippen LogP contribution is 2.20. The Balaban J connectivity index is 2.54. The van der Waals surface area contributed by atoms with E-state index in [1.807, 2.05) is 5.40 Å². The Morgan fingerprint density at radius 3 is 2.67 bits per heavy atom. The summed E-state index contributed by atoms with van der Waals surface area (Å²) < 4.78 is 0. The van der Waals surface area contributed by atoms with Crippen molar-refractivity contribution in [3.8, 4) is 5.40 Å². The van der Waals surface area contributed by atoms with Crippen molar-refractivity contribution in [1.29, 1.82) is 5.26 Å². The van der Waals surface area contributed by atoms with Gasteiger partial charge in [0.1, 0.15) is 16.1 Å². The highest BCUT2D eigenvalue weighted by Gasteiger charge is 2.20. The number of carbonyl (C=O) groups excluding carboxylic acids is 2. The normalized spacial score (nSPS) is 13.5. The smallest absolute Gasteiger partial charge is 0.205 e. The zero-order valence-electron chi connectivity index (χ0n) is 7.43. The average Bonchev–Trinajstić information content (AvgIpc) is 2.24. The Bertz CT molecular complexity index is 529. The van der Waals surface area contributed by atoms with E-state index in [0.717, 1.165) is 11.8 Å². The van der Waals surface area contributed by atoms with Gasteiger partial charge in [0.25, 0.3) is 0 Å². The first-order chi connectivity index (χ1) is 7.22. The summed E-state index contributed by atoms with van der Waals surface area (Å²) in [7, 11) is 0. The van der Waals surface area contributed by atoms with Gasteiger partial charge in [-0.1, -0.05) is 0 Å². The number of hydrogen-bond acceptors (Lipinski definition) is 5. The SMILES string of the molecule is N#CSc1ccc2c(n1)C(=O)C=CC2=O. The number of rotatable bonds is 1. The molecule has 2 rings (SSSR count). The van der Waals surface area contributed by atoms with Crippen molar-refractivity contribution in [2.75, 3.05) is 0 Å². The number of nitrogens with zero attached hydrogens (tertiary/aromatic N) is 2. The first kappa shape index (κ1) is 9.62. The van der Waals surface area contributed by atoms with Gasteiger partial charge in [-0.2, -0.15) is 5.26 Å². The van der Waals surface area contributed by atoms with E-state index >= 15 is 0 Å². The number of fused-ring (bicyclic) bond motifs is 1. The van der Waals surface area contributed by atoms with E-state index in [2.05, 4.69) is 4.98 Å². The van der Waals surface area contributed by atoms with Gasteiger partial charge in [-0.3, -0.25) is 9.59 Å². The highest BCUT2D eigenvalue weighted by molar-refractivity contribution is 8.03. The summed E-state index contributed by atoms with van der Waals surface area (Å²) in [5, 5.41) is 10.7. The van der Waals surface area contributed by atoms with Crippen molar-refractivity contribution < 1.29 is 9.59 Å². The van der Waals surface area contributed by atoms with E-state index < -0.39 is 0 Å². The van der Waals surface area contributed by atoms with Gasteiger partial charge in [-0.15, -0.1) is 0 Å². The summed E-state index contributed by atoms with van der Waals surface area (Å²) in [6, 6.07) is 3.07. The number of aromatic nitrogens is 1. The van der Waals surface area contributed by atoms with Crippen molar-refractivity contribution in [1.82, 2.24) is 4.98 Å². The van der Waals surface area contributed by atoms with Crippen LogP contribution in [0.2, 0.25) is 0 Å². The minimum atomic E-state index is -0.301. The number of pyridine rings is 1. The highest BCUT2D eigenvalue weighted by atomic mass is 32.2. The lowest BCUT2D eigenvalue weighted by atomic mass is 10.0. The van der Waals surface area contributed by atoms with E-state index in [1.165, 1.54) is 18.2 Å². The first-order valence-corrected chi connectivity index (χ1v) is 4.88. The molecule has 15 heavy (non-hydrogen) atoms. The second kappa shape index (κ2) is 3.67. The fourth-order valence-electron chi connectivity index (χ4n) is 1.25. The number of ketones is 2. The molecule has 0 saturated carbocycles. The number of nitriles is 1. The van der Waals surface area contributed by atoms with Gasteiger partial charge in [-0.05, 0) is 24.3 Å². The zero-order valence-corrected chi connectivity index (χ0v) is 8.25. The van der Waals surface area contributed by atoms with Crippen LogP contribution in [-0.4, -0.2) is 16.6 Å². The molecule has 1 aromatic heterocycles. The maximum Gasteiger partial charge on any atom is 0.205 e. The van der Waals surface area contributed by atoms with Gasteiger partial charge >= 0.3 is 0 Å². The molecule has 0 aromatic carbocycles. The van der Waals surface area contributed by atoms with E-state index in [4.69, 9.17) is 5.26 Å². The molecule has 0 spiro atoms. The lowest BCUT2D eigenvalue weighted by Gasteiger charge is -2.07. The van der Waals surface area contributed by atoms with Gasteiger partial charge in [0.2, 0.25) is 5.78 Å². The fourth-order valence-corrected chi connectivity index (χ4v) is 1.62. The van der Waals surface area contributed by atoms with Gasteiger partial charge in [0.05, 0.1) is 5.56 Å².